The molecule has 2 N–H and O–H groups in total. The maximum atomic E-state index is 12.7. The molecule has 0 atom stereocenters. The number of amides is 2. The van der Waals surface area contributed by atoms with Crippen LogP contribution < -0.4 is 14.8 Å². The van der Waals surface area contributed by atoms with Crippen LogP contribution >= 0.6 is 0 Å². The molecule has 166 valence electrons. The smallest absolute Gasteiger partial charge is 0.410 e. The van der Waals surface area contributed by atoms with Gasteiger partial charge in [0.15, 0.2) is 0 Å². The highest BCUT2D eigenvalue weighted by molar-refractivity contribution is 7.89. The predicted octanol–water partition coefficient (Wildman–Crippen LogP) is 3.14. The zero-order valence-electron chi connectivity index (χ0n) is 17.6. The highest BCUT2D eigenvalue weighted by atomic mass is 32.2. The Morgan fingerprint density at radius 2 is 1.77 bits per heavy atom. The average molecular weight is 446 g/mol. The molecule has 1 fully saturated rings. The first-order chi connectivity index (χ1) is 14.7. The van der Waals surface area contributed by atoms with Crippen molar-refractivity contribution in [3.63, 3.8) is 0 Å². The minimum Gasteiger partial charge on any atom is -0.410 e. The second kappa shape index (κ2) is 9.93. The van der Waals surface area contributed by atoms with Crippen LogP contribution in [0.1, 0.15) is 25.3 Å². The summed E-state index contributed by atoms with van der Waals surface area (Å²) >= 11 is 0. The summed E-state index contributed by atoms with van der Waals surface area (Å²) in [6.07, 6.45) is 0.986. The Balaban J connectivity index is 1.50. The molecule has 2 amide bonds. The van der Waals surface area contributed by atoms with E-state index in [2.05, 4.69) is 10.0 Å². The van der Waals surface area contributed by atoms with Crippen LogP contribution in [0.4, 0.5) is 10.5 Å². The minimum atomic E-state index is -3.67. The van der Waals surface area contributed by atoms with E-state index in [9.17, 15) is 18.0 Å². The first-order valence-corrected chi connectivity index (χ1v) is 11.6. The molecular weight excluding hydrogens is 418 g/mol. The fourth-order valence-corrected chi connectivity index (χ4v) is 4.85. The van der Waals surface area contributed by atoms with Gasteiger partial charge in [0.2, 0.25) is 15.9 Å². The maximum absolute atomic E-state index is 12.7. The number of carbonyl (C=O) groups is 2. The SMILES string of the molecule is CC(=O)Nc1ccc(S(=O)(=O)NCC2CCN(C(=O)Oc3ccccc3)CC2)c(C)c1. The monoisotopic (exact) mass is 445 g/mol. The molecule has 1 heterocycles. The molecule has 3 rings (SSSR count). The van der Waals surface area contributed by atoms with Gasteiger partial charge in [-0.25, -0.2) is 17.9 Å². The van der Waals surface area contributed by atoms with Gasteiger partial charge in [-0.2, -0.15) is 0 Å². The highest BCUT2D eigenvalue weighted by Gasteiger charge is 2.26. The van der Waals surface area contributed by atoms with E-state index in [0.29, 0.717) is 49.5 Å². The molecule has 0 radical (unpaired) electrons. The summed E-state index contributed by atoms with van der Waals surface area (Å²) in [4.78, 5) is 25.3. The predicted molar refractivity (Wildman–Crippen MR) is 117 cm³/mol. The van der Waals surface area contributed by atoms with Gasteiger partial charge >= 0.3 is 6.09 Å². The summed E-state index contributed by atoms with van der Waals surface area (Å²) in [5.41, 5.74) is 1.11. The summed E-state index contributed by atoms with van der Waals surface area (Å²) in [6, 6.07) is 13.6. The highest BCUT2D eigenvalue weighted by Crippen LogP contribution is 2.22. The van der Waals surface area contributed by atoms with Crippen molar-refractivity contribution in [1.82, 2.24) is 9.62 Å². The molecular formula is C22H27N3O5S. The van der Waals surface area contributed by atoms with Gasteiger partial charge in [0.25, 0.3) is 0 Å². The van der Waals surface area contributed by atoms with Gasteiger partial charge in [-0.05, 0) is 61.6 Å². The fraction of sp³-hybridized carbons (Fsp3) is 0.364. The number of ether oxygens (including phenoxy) is 1. The van der Waals surface area contributed by atoms with Crippen molar-refractivity contribution < 1.29 is 22.7 Å². The second-order valence-electron chi connectivity index (χ2n) is 7.62. The topological polar surface area (TPSA) is 105 Å². The molecule has 0 aromatic heterocycles. The Kier molecular flexibility index (Phi) is 7.29. The van der Waals surface area contributed by atoms with Crippen molar-refractivity contribution in [2.75, 3.05) is 25.0 Å². The Morgan fingerprint density at radius 3 is 2.39 bits per heavy atom. The number of nitrogens with zero attached hydrogens (tertiary/aromatic N) is 1. The minimum absolute atomic E-state index is 0.134. The van der Waals surface area contributed by atoms with E-state index in [1.54, 1.807) is 48.2 Å². The van der Waals surface area contributed by atoms with Crippen molar-refractivity contribution in [2.24, 2.45) is 5.92 Å². The lowest BCUT2D eigenvalue weighted by Crippen LogP contribution is -2.42. The van der Waals surface area contributed by atoms with Crippen molar-refractivity contribution in [3.8, 4) is 5.75 Å². The number of aryl methyl sites for hydroxylation is 1. The van der Waals surface area contributed by atoms with Crippen molar-refractivity contribution in [3.05, 3.63) is 54.1 Å². The number of nitrogens with one attached hydrogen (secondary N) is 2. The maximum Gasteiger partial charge on any atom is 0.415 e. The van der Waals surface area contributed by atoms with Crippen LogP contribution in [0.5, 0.6) is 5.75 Å². The summed E-state index contributed by atoms with van der Waals surface area (Å²) in [7, 11) is -3.67. The van der Waals surface area contributed by atoms with E-state index in [1.165, 1.54) is 13.0 Å². The third-order valence-electron chi connectivity index (χ3n) is 5.17. The zero-order chi connectivity index (χ0) is 22.4. The number of benzene rings is 2. The number of anilines is 1. The number of rotatable bonds is 6. The Hall–Kier alpha value is -2.91. The van der Waals surface area contributed by atoms with E-state index in [0.717, 1.165) is 0 Å². The van der Waals surface area contributed by atoms with Crippen LogP contribution in [0.25, 0.3) is 0 Å². The lowest BCUT2D eigenvalue weighted by atomic mass is 9.97. The van der Waals surface area contributed by atoms with E-state index in [-0.39, 0.29) is 22.8 Å². The van der Waals surface area contributed by atoms with E-state index < -0.39 is 10.0 Å². The molecule has 2 aromatic carbocycles. The van der Waals surface area contributed by atoms with Crippen LogP contribution in [0.3, 0.4) is 0 Å². The van der Waals surface area contributed by atoms with Crippen molar-refractivity contribution >= 4 is 27.7 Å². The van der Waals surface area contributed by atoms with Crippen LogP contribution in [-0.2, 0) is 14.8 Å². The Morgan fingerprint density at radius 1 is 1.10 bits per heavy atom. The summed E-state index contributed by atoms with van der Waals surface area (Å²) in [6.45, 7) is 4.42. The molecule has 2 aromatic rings. The average Bonchev–Trinajstić information content (AvgIpc) is 2.73. The molecule has 31 heavy (non-hydrogen) atoms. The summed E-state index contributed by atoms with van der Waals surface area (Å²) in [5.74, 6) is 0.420. The molecule has 0 spiro atoms. The molecule has 0 aliphatic carbocycles. The van der Waals surface area contributed by atoms with Gasteiger partial charge in [-0.3, -0.25) is 4.79 Å². The first-order valence-electron chi connectivity index (χ1n) is 10.1. The third-order valence-corrected chi connectivity index (χ3v) is 6.75. The standard InChI is InChI=1S/C22H27N3O5S/c1-16-14-19(24-17(2)26)8-9-21(16)31(28,29)23-15-18-10-12-25(13-11-18)22(27)30-20-6-4-3-5-7-20/h3-9,14,18,23H,10-13,15H2,1-2H3,(H,24,26). The molecule has 0 bridgehead atoms. The Labute approximate surface area is 182 Å². The quantitative estimate of drug-likeness (QED) is 0.711. The van der Waals surface area contributed by atoms with Gasteiger partial charge in [-0.15, -0.1) is 0 Å². The number of sulfonamides is 1. The van der Waals surface area contributed by atoms with Gasteiger partial charge in [0.1, 0.15) is 5.75 Å². The van der Waals surface area contributed by atoms with Crippen molar-refractivity contribution in [2.45, 2.75) is 31.6 Å². The molecule has 0 saturated carbocycles. The van der Waals surface area contributed by atoms with Gasteiger partial charge in [0.05, 0.1) is 4.90 Å². The molecule has 1 saturated heterocycles. The molecule has 1 aliphatic rings. The van der Waals surface area contributed by atoms with Gasteiger partial charge in [0, 0.05) is 32.2 Å². The third kappa shape index (κ3) is 6.28. The van der Waals surface area contributed by atoms with E-state index in [1.807, 2.05) is 6.07 Å². The van der Waals surface area contributed by atoms with Gasteiger partial charge in [-0.1, -0.05) is 18.2 Å². The second-order valence-corrected chi connectivity index (χ2v) is 9.36. The number of hydrogen-bond donors (Lipinski definition) is 2. The number of para-hydroxylation sites is 1. The largest absolute Gasteiger partial charge is 0.415 e. The summed E-state index contributed by atoms with van der Waals surface area (Å²) in [5, 5.41) is 2.64. The molecule has 8 nitrogen and oxygen atoms in total. The number of likely N-dealkylation sites (tertiary alicyclic amines) is 1. The van der Waals surface area contributed by atoms with Crippen molar-refractivity contribution in [1.29, 1.82) is 0 Å². The number of piperidine rings is 1. The lowest BCUT2D eigenvalue weighted by molar-refractivity contribution is -0.114. The molecule has 0 unspecified atom stereocenters. The van der Waals surface area contributed by atoms with E-state index >= 15 is 0 Å². The zero-order valence-corrected chi connectivity index (χ0v) is 18.4. The molecule has 1 aliphatic heterocycles. The first kappa shape index (κ1) is 22.8. The van der Waals surface area contributed by atoms with Gasteiger partial charge < -0.3 is 15.0 Å². The fourth-order valence-electron chi connectivity index (χ4n) is 3.51. The molecule has 9 heteroatoms. The number of carbonyl (C=O) groups excluding carboxylic acids is 2. The summed E-state index contributed by atoms with van der Waals surface area (Å²) < 4.78 is 33.5. The van der Waals surface area contributed by atoms with Crippen LogP contribution in [0.2, 0.25) is 0 Å². The number of hydrogen-bond acceptors (Lipinski definition) is 5. The van der Waals surface area contributed by atoms with Crippen LogP contribution in [0.15, 0.2) is 53.4 Å². The van der Waals surface area contributed by atoms with Crippen LogP contribution in [-0.4, -0.2) is 45.0 Å². The van der Waals surface area contributed by atoms with E-state index in [4.69, 9.17) is 4.74 Å². The lowest BCUT2D eigenvalue weighted by Gasteiger charge is -2.31. The Bertz CT molecular complexity index is 1030. The normalized spacial score (nSPS) is 14.8. The van der Waals surface area contributed by atoms with Crippen LogP contribution in [0, 0.1) is 12.8 Å².